The molecule has 1 aliphatic heterocycles. The van der Waals surface area contributed by atoms with Crippen molar-refractivity contribution in [1.29, 1.82) is 0 Å². The molecule has 0 saturated carbocycles. The normalized spacial score (nSPS) is 14.7. The van der Waals surface area contributed by atoms with Crippen LogP contribution in [-0.2, 0) is 9.53 Å². The van der Waals surface area contributed by atoms with Gasteiger partial charge in [0.05, 0.1) is 47.6 Å². The molecule has 0 saturated heterocycles. The fourth-order valence-corrected chi connectivity index (χ4v) is 6.94. The first-order chi connectivity index (χ1) is 21.0. The molecular formula is C31H29BrN4O7S. The van der Waals surface area contributed by atoms with Crippen LogP contribution < -0.4 is 24.4 Å². The largest absolute Gasteiger partial charge is 0.493 e. The van der Waals surface area contributed by atoms with Crippen molar-refractivity contribution in [2.75, 3.05) is 20.8 Å². The Bertz CT molecular complexity index is 2020. The molecular weight excluding hydrogens is 652 g/mol. The highest BCUT2D eigenvalue weighted by atomic mass is 79.9. The number of halogens is 1. The average Bonchev–Trinajstić information content (AvgIpc) is 3.45. The molecule has 0 N–H and O–H groups in total. The molecule has 4 aromatic rings. The summed E-state index contributed by atoms with van der Waals surface area (Å²) in [5, 5.41) is 11.1. The molecule has 5 rings (SSSR count). The molecule has 0 radical (unpaired) electrons. The number of hydrogen-bond donors (Lipinski definition) is 0. The third-order valence-corrected chi connectivity index (χ3v) is 9.06. The standard InChI is InChI=1S/C31H29BrN4O7S/c1-7-43-30(38)27-17(3)33-31-35(28(27)22-14-24(41-5)25(42-6)15-23(22)32)29(37)26(44-31)13-19-12-16(2)34(18(19)4)20-8-10-21(11-9-20)36(39)40/h8-15,28H,7H2,1-6H3/b26-13-/t28-/m1/s1. The average molecular weight is 682 g/mol. The molecule has 2 aromatic carbocycles. The van der Waals surface area contributed by atoms with Gasteiger partial charge in [-0.15, -0.1) is 0 Å². The maximum Gasteiger partial charge on any atom is 0.338 e. The number of ether oxygens (including phenoxy) is 3. The van der Waals surface area contributed by atoms with Gasteiger partial charge in [0.25, 0.3) is 11.2 Å². The van der Waals surface area contributed by atoms with E-state index in [9.17, 15) is 19.7 Å². The number of nitro benzene ring substituents is 1. The highest BCUT2D eigenvalue weighted by Gasteiger charge is 2.35. The monoisotopic (exact) mass is 680 g/mol. The third-order valence-electron chi connectivity index (χ3n) is 7.39. The van der Waals surface area contributed by atoms with Gasteiger partial charge in [0.1, 0.15) is 0 Å². The Morgan fingerprint density at radius 1 is 1.11 bits per heavy atom. The van der Waals surface area contributed by atoms with E-state index < -0.39 is 16.9 Å². The van der Waals surface area contributed by atoms with Crippen LogP contribution in [0.15, 0.2) is 68.0 Å². The summed E-state index contributed by atoms with van der Waals surface area (Å²) in [6, 6.07) is 10.9. The Morgan fingerprint density at radius 3 is 2.39 bits per heavy atom. The lowest BCUT2D eigenvalue weighted by Crippen LogP contribution is -2.40. The van der Waals surface area contributed by atoms with Crippen LogP contribution in [0.5, 0.6) is 11.5 Å². The lowest BCUT2D eigenvalue weighted by molar-refractivity contribution is -0.384. The number of carbonyl (C=O) groups excluding carboxylic acids is 1. The van der Waals surface area contributed by atoms with Crippen LogP contribution in [0, 0.1) is 24.0 Å². The minimum absolute atomic E-state index is 0.00528. The van der Waals surface area contributed by atoms with Gasteiger partial charge < -0.3 is 18.8 Å². The highest BCUT2D eigenvalue weighted by Crippen LogP contribution is 2.40. The van der Waals surface area contributed by atoms with E-state index in [1.807, 2.05) is 24.5 Å². The molecule has 0 aliphatic carbocycles. The van der Waals surface area contributed by atoms with E-state index in [0.717, 1.165) is 22.6 Å². The van der Waals surface area contributed by atoms with Crippen LogP contribution in [0.2, 0.25) is 0 Å². The molecule has 2 aromatic heterocycles. The molecule has 13 heteroatoms. The summed E-state index contributed by atoms with van der Waals surface area (Å²) >= 11 is 4.83. The van der Waals surface area contributed by atoms with Gasteiger partial charge in [0, 0.05) is 33.7 Å². The maximum atomic E-state index is 14.2. The molecule has 0 bridgehead atoms. The summed E-state index contributed by atoms with van der Waals surface area (Å²) in [7, 11) is 3.04. The SMILES string of the molecule is CCOC(=O)C1=C(C)N=c2s/c(=C\c3cc(C)n(-c4ccc([N+](=O)[O-])cc4)c3C)c(=O)n2[C@@H]1c1cc(OC)c(OC)cc1Br. The number of hydrogen-bond acceptors (Lipinski definition) is 9. The van der Waals surface area contributed by atoms with Crippen molar-refractivity contribution in [3.8, 4) is 17.2 Å². The molecule has 0 fully saturated rings. The number of carbonyl (C=O) groups is 1. The Labute approximate surface area is 264 Å². The highest BCUT2D eigenvalue weighted by molar-refractivity contribution is 9.10. The van der Waals surface area contributed by atoms with Crippen LogP contribution >= 0.6 is 27.3 Å². The van der Waals surface area contributed by atoms with E-state index in [0.29, 0.717) is 36.6 Å². The summed E-state index contributed by atoms with van der Waals surface area (Å²) in [4.78, 5) is 43.2. The van der Waals surface area contributed by atoms with Gasteiger partial charge in [-0.3, -0.25) is 19.5 Å². The molecule has 44 heavy (non-hydrogen) atoms. The lowest BCUT2D eigenvalue weighted by Gasteiger charge is -2.26. The van der Waals surface area contributed by atoms with Gasteiger partial charge >= 0.3 is 5.97 Å². The second-order valence-corrected chi connectivity index (χ2v) is 11.8. The fourth-order valence-electron chi connectivity index (χ4n) is 5.36. The number of allylic oxidation sites excluding steroid dienone is 1. The summed E-state index contributed by atoms with van der Waals surface area (Å²) in [6.45, 7) is 7.45. The molecule has 1 aliphatic rings. The van der Waals surface area contributed by atoms with E-state index in [4.69, 9.17) is 14.2 Å². The van der Waals surface area contributed by atoms with Crippen molar-refractivity contribution in [2.24, 2.45) is 4.99 Å². The van der Waals surface area contributed by atoms with Gasteiger partial charge in [0.15, 0.2) is 16.3 Å². The van der Waals surface area contributed by atoms with Crippen LogP contribution in [0.25, 0.3) is 11.8 Å². The van der Waals surface area contributed by atoms with Crippen molar-refractivity contribution >= 4 is 45.0 Å². The number of thiazole rings is 1. The Kier molecular flexibility index (Phi) is 8.62. The van der Waals surface area contributed by atoms with Crippen LogP contribution in [0.3, 0.4) is 0 Å². The summed E-state index contributed by atoms with van der Waals surface area (Å²) < 4.78 is 20.9. The number of fused-ring (bicyclic) bond motifs is 1. The van der Waals surface area contributed by atoms with Crippen molar-refractivity contribution in [1.82, 2.24) is 9.13 Å². The number of non-ortho nitro benzene ring substituents is 1. The molecule has 0 spiro atoms. The maximum absolute atomic E-state index is 14.2. The predicted molar refractivity (Wildman–Crippen MR) is 170 cm³/mol. The number of esters is 1. The first-order valence-corrected chi connectivity index (χ1v) is 15.2. The minimum atomic E-state index is -0.853. The van der Waals surface area contributed by atoms with Gasteiger partial charge in [-0.1, -0.05) is 27.3 Å². The van der Waals surface area contributed by atoms with E-state index in [-0.39, 0.29) is 23.4 Å². The molecule has 228 valence electrons. The van der Waals surface area contributed by atoms with Gasteiger partial charge in [0.2, 0.25) is 0 Å². The number of aryl methyl sites for hydroxylation is 1. The Balaban J connectivity index is 1.70. The number of nitro groups is 1. The fraction of sp³-hybridized carbons (Fsp3) is 0.258. The quantitative estimate of drug-likeness (QED) is 0.147. The Hall–Kier alpha value is -4.49. The van der Waals surface area contributed by atoms with E-state index >= 15 is 0 Å². The first kappa shape index (κ1) is 31.0. The number of aromatic nitrogens is 2. The van der Waals surface area contributed by atoms with Crippen LogP contribution in [0.4, 0.5) is 5.69 Å². The number of rotatable bonds is 8. The second kappa shape index (κ2) is 12.2. The van der Waals surface area contributed by atoms with Crippen LogP contribution in [-0.4, -0.2) is 40.9 Å². The smallest absolute Gasteiger partial charge is 0.338 e. The molecule has 0 unspecified atom stereocenters. The zero-order chi connectivity index (χ0) is 31.9. The lowest BCUT2D eigenvalue weighted by atomic mass is 9.95. The van der Waals surface area contributed by atoms with Crippen molar-refractivity contribution in [2.45, 2.75) is 33.7 Å². The molecule has 11 nitrogen and oxygen atoms in total. The van der Waals surface area contributed by atoms with E-state index in [1.165, 1.54) is 42.3 Å². The minimum Gasteiger partial charge on any atom is -0.493 e. The second-order valence-electron chi connectivity index (χ2n) is 9.97. The summed E-state index contributed by atoms with van der Waals surface area (Å²) in [6.07, 6.45) is 1.80. The zero-order valence-electron chi connectivity index (χ0n) is 24.8. The summed E-state index contributed by atoms with van der Waals surface area (Å²) in [5.41, 5.74) is 4.28. The molecule has 0 amide bonds. The van der Waals surface area contributed by atoms with E-state index in [1.54, 1.807) is 44.2 Å². The zero-order valence-corrected chi connectivity index (χ0v) is 27.2. The van der Waals surface area contributed by atoms with Crippen molar-refractivity contribution < 1.29 is 23.9 Å². The third kappa shape index (κ3) is 5.37. The Morgan fingerprint density at radius 2 is 1.77 bits per heavy atom. The van der Waals surface area contributed by atoms with Crippen LogP contribution in [0.1, 0.15) is 42.4 Å². The predicted octanol–water partition coefficient (Wildman–Crippen LogP) is 4.89. The van der Waals surface area contributed by atoms with E-state index in [2.05, 4.69) is 20.9 Å². The van der Waals surface area contributed by atoms with Crippen molar-refractivity contribution in [3.63, 3.8) is 0 Å². The van der Waals surface area contributed by atoms with Crippen molar-refractivity contribution in [3.05, 3.63) is 111 Å². The first-order valence-electron chi connectivity index (χ1n) is 13.6. The molecule has 1 atom stereocenters. The number of methoxy groups -OCH3 is 2. The summed E-state index contributed by atoms with van der Waals surface area (Å²) in [5.74, 6) is 0.350. The number of benzene rings is 2. The van der Waals surface area contributed by atoms with Gasteiger partial charge in [-0.25, -0.2) is 9.79 Å². The topological polar surface area (TPSA) is 127 Å². The van der Waals surface area contributed by atoms with Gasteiger partial charge in [-0.2, -0.15) is 0 Å². The molecule has 3 heterocycles. The van der Waals surface area contributed by atoms with Gasteiger partial charge in [-0.05, 0) is 75.2 Å². The number of nitrogens with zero attached hydrogens (tertiary/aromatic N) is 4.